The van der Waals surface area contributed by atoms with Gasteiger partial charge in [-0.05, 0) is 62.1 Å². The fourth-order valence-corrected chi connectivity index (χ4v) is 2.37. The molecule has 0 heterocycles. The number of aryl methyl sites for hydroxylation is 2. The van der Waals surface area contributed by atoms with Crippen molar-refractivity contribution in [3.63, 3.8) is 0 Å². The lowest BCUT2D eigenvalue weighted by atomic mass is 9.98. The second-order valence-corrected chi connectivity index (χ2v) is 5.56. The Hall–Kier alpha value is -2.48. The Morgan fingerprint density at radius 3 is 1.41 bits per heavy atom. The van der Waals surface area contributed by atoms with E-state index in [9.17, 15) is 9.59 Å². The molecule has 0 aliphatic rings. The smallest absolute Gasteiger partial charge is 0.186 e. The first-order valence-corrected chi connectivity index (χ1v) is 7.31. The van der Waals surface area contributed by atoms with Gasteiger partial charge in [-0.3, -0.25) is 9.59 Å². The first-order valence-electron chi connectivity index (χ1n) is 7.31. The molecule has 0 saturated carbocycles. The highest BCUT2D eigenvalue weighted by atomic mass is 16.1. The summed E-state index contributed by atoms with van der Waals surface area (Å²) in [5, 5.41) is 0. The van der Waals surface area contributed by atoms with Gasteiger partial charge < -0.3 is 0 Å². The number of ketones is 2. The molecule has 22 heavy (non-hydrogen) atoms. The predicted molar refractivity (Wildman–Crippen MR) is 89.6 cm³/mol. The lowest BCUT2D eigenvalue weighted by Crippen LogP contribution is -2.03. The van der Waals surface area contributed by atoms with Gasteiger partial charge in [-0.25, -0.2) is 0 Å². The minimum Gasteiger partial charge on any atom is -0.289 e. The van der Waals surface area contributed by atoms with Crippen LogP contribution < -0.4 is 0 Å². The molecule has 112 valence electrons. The SMILES string of the molecule is Cc1cccc(C(=O)C=CC(=O)c2cccc(C)c2C)c1C. The van der Waals surface area contributed by atoms with Gasteiger partial charge in [-0.15, -0.1) is 0 Å². The number of carbonyl (C=O) groups excluding carboxylic acids is 2. The summed E-state index contributed by atoms with van der Waals surface area (Å²) in [6.07, 6.45) is 2.73. The summed E-state index contributed by atoms with van der Waals surface area (Å²) >= 11 is 0. The molecule has 0 atom stereocenters. The van der Waals surface area contributed by atoms with E-state index < -0.39 is 0 Å². The monoisotopic (exact) mass is 292 g/mol. The van der Waals surface area contributed by atoms with Gasteiger partial charge in [0, 0.05) is 11.1 Å². The molecule has 0 fully saturated rings. The molecule has 0 aromatic heterocycles. The van der Waals surface area contributed by atoms with Crippen molar-refractivity contribution in [3.8, 4) is 0 Å². The topological polar surface area (TPSA) is 34.1 Å². The minimum atomic E-state index is -0.139. The Bertz CT molecular complexity index is 702. The third kappa shape index (κ3) is 3.22. The zero-order valence-electron chi connectivity index (χ0n) is 13.4. The van der Waals surface area contributed by atoms with Crippen LogP contribution >= 0.6 is 0 Å². The molecule has 0 radical (unpaired) electrons. The number of hydrogen-bond donors (Lipinski definition) is 0. The Morgan fingerprint density at radius 2 is 1.05 bits per heavy atom. The lowest BCUT2D eigenvalue weighted by molar-refractivity contribution is 0.102. The van der Waals surface area contributed by atoms with Crippen LogP contribution in [0.15, 0.2) is 48.6 Å². The standard InChI is InChI=1S/C20H20O2/c1-13-7-5-9-17(15(13)3)19(21)11-12-20(22)18-10-6-8-14(2)16(18)4/h5-12H,1-4H3. The van der Waals surface area contributed by atoms with Crippen molar-refractivity contribution in [2.75, 3.05) is 0 Å². The molecule has 0 saturated heterocycles. The molecule has 2 aromatic rings. The predicted octanol–water partition coefficient (Wildman–Crippen LogP) is 4.54. The van der Waals surface area contributed by atoms with Crippen LogP contribution in [0.5, 0.6) is 0 Å². The van der Waals surface area contributed by atoms with Crippen LogP contribution in [-0.4, -0.2) is 11.6 Å². The highest BCUT2D eigenvalue weighted by Crippen LogP contribution is 2.16. The highest BCUT2D eigenvalue weighted by molar-refractivity contribution is 6.12. The maximum absolute atomic E-state index is 12.3. The van der Waals surface area contributed by atoms with Crippen molar-refractivity contribution in [1.29, 1.82) is 0 Å². The zero-order valence-corrected chi connectivity index (χ0v) is 13.4. The Kier molecular flexibility index (Phi) is 4.71. The molecule has 0 amide bonds. The van der Waals surface area contributed by atoms with E-state index in [1.165, 1.54) is 12.2 Å². The van der Waals surface area contributed by atoms with Gasteiger partial charge in [-0.1, -0.05) is 36.4 Å². The summed E-state index contributed by atoms with van der Waals surface area (Å²) in [6.45, 7) is 7.78. The van der Waals surface area contributed by atoms with E-state index in [4.69, 9.17) is 0 Å². The van der Waals surface area contributed by atoms with Crippen molar-refractivity contribution in [2.45, 2.75) is 27.7 Å². The molecular formula is C20H20O2. The van der Waals surface area contributed by atoms with Crippen molar-refractivity contribution >= 4 is 11.6 Å². The second-order valence-electron chi connectivity index (χ2n) is 5.56. The van der Waals surface area contributed by atoms with Gasteiger partial charge in [-0.2, -0.15) is 0 Å². The van der Waals surface area contributed by atoms with E-state index in [0.717, 1.165) is 22.3 Å². The summed E-state index contributed by atoms with van der Waals surface area (Å²) in [4.78, 5) is 24.5. The summed E-state index contributed by atoms with van der Waals surface area (Å²) < 4.78 is 0. The summed E-state index contributed by atoms with van der Waals surface area (Å²) in [5.74, 6) is -0.278. The van der Waals surface area contributed by atoms with Crippen molar-refractivity contribution < 1.29 is 9.59 Å². The van der Waals surface area contributed by atoms with Crippen LogP contribution in [0.3, 0.4) is 0 Å². The largest absolute Gasteiger partial charge is 0.289 e. The van der Waals surface area contributed by atoms with E-state index in [1.54, 1.807) is 12.1 Å². The molecule has 0 bridgehead atoms. The van der Waals surface area contributed by atoms with E-state index >= 15 is 0 Å². The van der Waals surface area contributed by atoms with Crippen molar-refractivity contribution in [2.24, 2.45) is 0 Å². The molecule has 0 N–H and O–H groups in total. The first-order chi connectivity index (χ1) is 10.4. The van der Waals surface area contributed by atoms with Crippen LogP contribution in [0, 0.1) is 27.7 Å². The highest BCUT2D eigenvalue weighted by Gasteiger charge is 2.10. The maximum Gasteiger partial charge on any atom is 0.186 e. The van der Waals surface area contributed by atoms with E-state index in [1.807, 2.05) is 52.0 Å². The fourth-order valence-electron chi connectivity index (χ4n) is 2.37. The van der Waals surface area contributed by atoms with Gasteiger partial charge in [0.2, 0.25) is 0 Å². The minimum absolute atomic E-state index is 0.139. The van der Waals surface area contributed by atoms with Crippen molar-refractivity contribution in [1.82, 2.24) is 0 Å². The van der Waals surface area contributed by atoms with E-state index in [0.29, 0.717) is 11.1 Å². The van der Waals surface area contributed by atoms with E-state index in [2.05, 4.69) is 0 Å². The molecule has 0 aliphatic heterocycles. The maximum atomic E-state index is 12.3. The van der Waals surface area contributed by atoms with Gasteiger partial charge >= 0.3 is 0 Å². The second kappa shape index (κ2) is 6.52. The molecule has 2 aromatic carbocycles. The summed E-state index contributed by atoms with van der Waals surface area (Å²) in [7, 11) is 0. The lowest BCUT2D eigenvalue weighted by Gasteiger charge is -2.06. The van der Waals surface area contributed by atoms with Gasteiger partial charge in [0.25, 0.3) is 0 Å². The normalized spacial score (nSPS) is 10.9. The quantitative estimate of drug-likeness (QED) is 0.612. The van der Waals surface area contributed by atoms with Crippen LogP contribution in [0.25, 0.3) is 0 Å². The third-order valence-electron chi connectivity index (χ3n) is 4.13. The number of allylic oxidation sites excluding steroid dienone is 2. The average molecular weight is 292 g/mol. The summed E-state index contributed by atoms with van der Waals surface area (Å²) in [6, 6.07) is 11.2. The molecule has 2 heteroatoms. The number of rotatable bonds is 4. The van der Waals surface area contributed by atoms with E-state index in [-0.39, 0.29) is 11.6 Å². The molecule has 2 nitrogen and oxygen atoms in total. The molecular weight excluding hydrogens is 272 g/mol. The Labute approximate surface area is 131 Å². The van der Waals surface area contributed by atoms with Gasteiger partial charge in [0.15, 0.2) is 11.6 Å². The Morgan fingerprint density at radius 1 is 0.682 bits per heavy atom. The van der Waals surface area contributed by atoms with Crippen LogP contribution in [0.2, 0.25) is 0 Å². The number of hydrogen-bond acceptors (Lipinski definition) is 2. The number of carbonyl (C=O) groups is 2. The first kappa shape index (κ1) is 15.9. The van der Waals surface area contributed by atoms with Gasteiger partial charge in [0.1, 0.15) is 0 Å². The third-order valence-corrected chi connectivity index (χ3v) is 4.13. The van der Waals surface area contributed by atoms with Crippen LogP contribution in [0.4, 0.5) is 0 Å². The molecule has 2 rings (SSSR count). The van der Waals surface area contributed by atoms with Gasteiger partial charge in [0.05, 0.1) is 0 Å². The average Bonchev–Trinajstić information content (AvgIpc) is 2.50. The van der Waals surface area contributed by atoms with Crippen LogP contribution in [-0.2, 0) is 0 Å². The fraction of sp³-hybridized carbons (Fsp3) is 0.200. The molecule has 0 unspecified atom stereocenters. The number of benzene rings is 2. The van der Waals surface area contributed by atoms with Crippen molar-refractivity contribution in [3.05, 3.63) is 81.9 Å². The molecule has 0 spiro atoms. The molecule has 0 aliphatic carbocycles. The Balaban J connectivity index is 2.24. The summed E-state index contributed by atoms with van der Waals surface area (Å²) in [5.41, 5.74) is 5.34. The van der Waals surface area contributed by atoms with Crippen LogP contribution in [0.1, 0.15) is 43.0 Å². The zero-order chi connectivity index (χ0) is 16.3.